The molecule has 1 aliphatic rings. The fraction of sp³-hybridized carbons (Fsp3) is 0.909. The van der Waals surface area contributed by atoms with Gasteiger partial charge in [0.05, 0.1) is 0 Å². The molecule has 0 spiro atoms. The lowest BCUT2D eigenvalue weighted by Gasteiger charge is -2.17. The zero-order chi connectivity index (χ0) is 11.3. The molecule has 1 unspecified atom stereocenters. The molecular weight excluding hydrogens is 190 g/mol. The summed E-state index contributed by atoms with van der Waals surface area (Å²) in [5.41, 5.74) is 5.40. The third kappa shape index (κ3) is 4.62. The van der Waals surface area contributed by atoms with Gasteiger partial charge in [0.15, 0.2) is 0 Å². The van der Waals surface area contributed by atoms with E-state index in [4.69, 9.17) is 5.73 Å². The Morgan fingerprint density at radius 1 is 1.60 bits per heavy atom. The third-order valence-electron chi connectivity index (χ3n) is 2.98. The van der Waals surface area contributed by atoms with Gasteiger partial charge in [0, 0.05) is 25.0 Å². The van der Waals surface area contributed by atoms with E-state index in [0.29, 0.717) is 6.54 Å². The fourth-order valence-electron chi connectivity index (χ4n) is 1.61. The number of nitrogens with zero attached hydrogens (tertiary/aromatic N) is 1. The fourth-order valence-corrected chi connectivity index (χ4v) is 1.61. The molecule has 0 saturated heterocycles. The Morgan fingerprint density at radius 2 is 2.27 bits per heavy atom. The van der Waals surface area contributed by atoms with Gasteiger partial charge in [-0.25, -0.2) is 0 Å². The lowest BCUT2D eigenvalue weighted by Crippen LogP contribution is -2.36. The van der Waals surface area contributed by atoms with Crippen molar-refractivity contribution in [2.45, 2.75) is 32.2 Å². The third-order valence-corrected chi connectivity index (χ3v) is 2.98. The second-order valence-corrected chi connectivity index (χ2v) is 4.48. The van der Waals surface area contributed by atoms with E-state index in [9.17, 15) is 4.79 Å². The van der Waals surface area contributed by atoms with Gasteiger partial charge in [0.2, 0.25) is 5.91 Å². The zero-order valence-electron chi connectivity index (χ0n) is 9.83. The van der Waals surface area contributed by atoms with Crippen LogP contribution < -0.4 is 11.1 Å². The predicted octanol–water partition coefficient (Wildman–Crippen LogP) is 0.182. The van der Waals surface area contributed by atoms with Crippen molar-refractivity contribution in [2.75, 3.05) is 26.7 Å². The smallest absolute Gasteiger partial charge is 0.222 e. The molecule has 4 heteroatoms. The summed E-state index contributed by atoms with van der Waals surface area (Å²) in [5.74, 6) is 0.172. The number of rotatable bonds is 7. The largest absolute Gasteiger partial charge is 0.355 e. The first-order valence-electron chi connectivity index (χ1n) is 5.83. The van der Waals surface area contributed by atoms with Gasteiger partial charge in [-0.05, 0) is 32.9 Å². The average Bonchev–Trinajstić information content (AvgIpc) is 3.00. The summed E-state index contributed by atoms with van der Waals surface area (Å²) in [6, 6.07) is 0.767. The Labute approximate surface area is 92.2 Å². The molecule has 0 aromatic carbocycles. The van der Waals surface area contributed by atoms with E-state index in [-0.39, 0.29) is 11.8 Å². The number of carbonyl (C=O) groups is 1. The van der Waals surface area contributed by atoms with Crippen molar-refractivity contribution >= 4 is 5.91 Å². The standard InChI is InChI=1S/C11H23N3O/c1-9(5-6-12)11(15)13-7-8-14(2)10-3-4-10/h9-10H,3-8,12H2,1-2H3,(H,13,15). The van der Waals surface area contributed by atoms with Crippen molar-refractivity contribution in [3.05, 3.63) is 0 Å². The van der Waals surface area contributed by atoms with Crippen LogP contribution >= 0.6 is 0 Å². The number of hydrogen-bond acceptors (Lipinski definition) is 3. The van der Waals surface area contributed by atoms with Crippen LogP contribution in [0.15, 0.2) is 0 Å². The lowest BCUT2D eigenvalue weighted by molar-refractivity contribution is -0.124. The highest BCUT2D eigenvalue weighted by Crippen LogP contribution is 2.24. The van der Waals surface area contributed by atoms with Gasteiger partial charge in [-0.2, -0.15) is 0 Å². The van der Waals surface area contributed by atoms with E-state index < -0.39 is 0 Å². The van der Waals surface area contributed by atoms with Gasteiger partial charge in [-0.3, -0.25) is 4.79 Å². The lowest BCUT2D eigenvalue weighted by atomic mass is 10.1. The minimum atomic E-state index is 0.0428. The Kier molecular flexibility index (Phi) is 5.05. The summed E-state index contributed by atoms with van der Waals surface area (Å²) >= 11 is 0. The van der Waals surface area contributed by atoms with E-state index in [0.717, 1.165) is 25.6 Å². The molecule has 0 radical (unpaired) electrons. The SMILES string of the molecule is CC(CCN)C(=O)NCCN(C)C1CC1. The highest BCUT2D eigenvalue weighted by Gasteiger charge is 2.25. The number of nitrogens with one attached hydrogen (secondary N) is 1. The summed E-state index contributed by atoms with van der Waals surface area (Å²) < 4.78 is 0. The summed E-state index contributed by atoms with van der Waals surface area (Å²) in [4.78, 5) is 13.8. The summed E-state index contributed by atoms with van der Waals surface area (Å²) in [5, 5.41) is 2.94. The van der Waals surface area contributed by atoms with Crippen molar-refractivity contribution in [3.63, 3.8) is 0 Å². The summed E-state index contributed by atoms with van der Waals surface area (Å²) in [7, 11) is 2.12. The molecule has 1 atom stereocenters. The van der Waals surface area contributed by atoms with Gasteiger partial charge < -0.3 is 16.0 Å². The van der Waals surface area contributed by atoms with Gasteiger partial charge in [-0.15, -0.1) is 0 Å². The van der Waals surface area contributed by atoms with Crippen molar-refractivity contribution in [1.29, 1.82) is 0 Å². The molecule has 15 heavy (non-hydrogen) atoms. The van der Waals surface area contributed by atoms with Crippen molar-refractivity contribution < 1.29 is 4.79 Å². The molecule has 0 aromatic heterocycles. The van der Waals surface area contributed by atoms with Gasteiger partial charge in [-0.1, -0.05) is 6.92 Å². The molecule has 0 aliphatic heterocycles. The number of carbonyl (C=O) groups excluding carboxylic acids is 1. The maximum atomic E-state index is 11.5. The van der Waals surface area contributed by atoms with Crippen LogP contribution in [0.4, 0.5) is 0 Å². The quantitative estimate of drug-likeness (QED) is 0.634. The number of hydrogen-bond donors (Lipinski definition) is 2. The Hall–Kier alpha value is -0.610. The second-order valence-electron chi connectivity index (χ2n) is 4.48. The number of amides is 1. The molecule has 1 rings (SSSR count). The minimum absolute atomic E-state index is 0.0428. The topological polar surface area (TPSA) is 58.4 Å². The van der Waals surface area contributed by atoms with Gasteiger partial charge in [0.25, 0.3) is 0 Å². The van der Waals surface area contributed by atoms with E-state index in [1.54, 1.807) is 0 Å². The van der Waals surface area contributed by atoms with Crippen LogP contribution in [0.25, 0.3) is 0 Å². The Balaban J connectivity index is 2.05. The second kappa shape index (κ2) is 6.08. The van der Waals surface area contributed by atoms with Crippen LogP contribution in [0.1, 0.15) is 26.2 Å². The van der Waals surface area contributed by atoms with E-state index >= 15 is 0 Å². The molecule has 0 bridgehead atoms. The van der Waals surface area contributed by atoms with Crippen LogP contribution in [-0.4, -0.2) is 43.5 Å². The maximum absolute atomic E-state index is 11.5. The highest BCUT2D eigenvalue weighted by molar-refractivity contribution is 5.78. The molecule has 4 nitrogen and oxygen atoms in total. The summed E-state index contributed by atoms with van der Waals surface area (Å²) in [6.45, 7) is 4.20. The van der Waals surface area contributed by atoms with Gasteiger partial charge >= 0.3 is 0 Å². The van der Waals surface area contributed by atoms with Crippen molar-refractivity contribution in [3.8, 4) is 0 Å². The zero-order valence-corrected chi connectivity index (χ0v) is 9.83. The van der Waals surface area contributed by atoms with Crippen LogP contribution in [0, 0.1) is 5.92 Å². The summed E-state index contributed by atoms with van der Waals surface area (Å²) in [6.07, 6.45) is 3.40. The average molecular weight is 213 g/mol. The first kappa shape index (κ1) is 12.5. The molecule has 0 aromatic rings. The van der Waals surface area contributed by atoms with Crippen LogP contribution in [0.5, 0.6) is 0 Å². The number of nitrogens with two attached hydrogens (primary N) is 1. The van der Waals surface area contributed by atoms with Crippen molar-refractivity contribution in [1.82, 2.24) is 10.2 Å². The first-order chi connectivity index (χ1) is 7.15. The molecule has 3 N–H and O–H groups in total. The highest BCUT2D eigenvalue weighted by atomic mass is 16.1. The normalized spacial score (nSPS) is 17.9. The molecule has 1 aliphatic carbocycles. The Bertz CT molecular complexity index is 204. The number of likely N-dealkylation sites (N-methyl/N-ethyl adjacent to an activating group) is 1. The first-order valence-corrected chi connectivity index (χ1v) is 5.83. The predicted molar refractivity (Wildman–Crippen MR) is 61.5 cm³/mol. The van der Waals surface area contributed by atoms with Gasteiger partial charge in [0.1, 0.15) is 0 Å². The van der Waals surface area contributed by atoms with Crippen LogP contribution in [-0.2, 0) is 4.79 Å². The molecule has 88 valence electrons. The van der Waals surface area contributed by atoms with E-state index in [1.807, 2.05) is 6.92 Å². The maximum Gasteiger partial charge on any atom is 0.222 e. The molecule has 1 fully saturated rings. The van der Waals surface area contributed by atoms with Crippen molar-refractivity contribution in [2.24, 2.45) is 11.7 Å². The van der Waals surface area contributed by atoms with E-state index in [1.165, 1.54) is 12.8 Å². The molecule has 0 heterocycles. The monoisotopic (exact) mass is 213 g/mol. The van der Waals surface area contributed by atoms with Crippen LogP contribution in [0.3, 0.4) is 0 Å². The Morgan fingerprint density at radius 3 is 2.80 bits per heavy atom. The minimum Gasteiger partial charge on any atom is -0.355 e. The van der Waals surface area contributed by atoms with E-state index in [2.05, 4.69) is 17.3 Å². The molecule has 1 amide bonds. The molecule has 1 saturated carbocycles. The molecular formula is C11H23N3O. The van der Waals surface area contributed by atoms with Crippen LogP contribution in [0.2, 0.25) is 0 Å².